The molecule has 0 spiro atoms. The lowest BCUT2D eigenvalue weighted by Gasteiger charge is -2.29. The highest BCUT2D eigenvalue weighted by molar-refractivity contribution is 5.74. The van der Waals surface area contributed by atoms with Gasteiger partial charge >= 0.3 is 0 Å². The molecule has 2 N–H and O–H groups in total. The Hall–Kier alpha value is -2.12. The van der Waals surface area contributed by atoms with Crippen molar-refractivity contribution in [1.29, 1.82) is 0 Å². The van der Waals surface area contributed by atoms with Gasteiger partial charge in [-0.15, -0.1) is 0 Å². The largest absolute Gasteiger partial charge is 0.493 e. The number of nitrogens with zero attached hydrogens (tertiary/aromatic N) is 2. The zero-order valence-electron chi connectivity index (χ0n) is 23.2. The van der Waals surface area contributed by atoms with Crippen molar-refractivity contribution in [2.45, 2.75) is 52.1 Å². The molecule has 0 saturated carbocycles. The molecule has 2 saturated heterocycles. The van der Waals surface area contributed by atoms with Crippen molar-refractivity contribution in [1.82, 2.24) is 15.1 Å². The fourth-order valence-corrected chi connectivity index (χ4v) is 5.56. The Labute approximate surface area is 224 Å². The molecule has 1 unspecified atom stereocenters. The minimum absolute atomic E-state index is 0.159. The summed E-state index contributed by atoms with van der Waals surface area (Å²) in [5.74, 6) is 2.73. The molecular formula is C31H47N3O3. The first-order valence-electron chi connectivity index (χ1n) is 14.3. The molecule has 2 heterocycles. The number of nitrogens with one attached hydrogen (secondary N) is 1. The van der Waals surface area contributed by atoms with Crippen LogP contribution in [0.5, 0.6) is 11.5 Å². The summed E-state index contributed by atoms with van der Waals surface area (Å²) in [4.78, 5) is 4.74. The number of aliphatic hydroxyl groups is 1. The first-order chi connectivity index (χ1) is 18.0. The first kappa shape index (κ1) is 27.9. The molecule has 2 fully saturated rings. The Balaban J connectivity index is 1.24. The van der Waals surface area contributed by atoms with Crippen LogP contribution in [0, 0.1) is 19.8 Å². The lowest BCUT2D eigenvalue weighted by Crippen LogP contribution is -2.35. The van der Waals surface area contributed by atoms with E-state index in [0.29, 0.717) is 6.61 Å². The van der Waals surface area contributed by atoms with Crippen molar-refractivity contribution in [3.8, 4) is 22.6 Å². The Morgan fingerprint density at radius 3 is 2.08 bits per heavy atom. The molecule has 37 heavy (non-hydrogen) atoms. The average Bonchev–Trinajstić information content (AvgIpc) is 3.32. The molecule has 0 radical (unpaired) electrons. The fraction of sp³-hybridized carbons (Fsp3) is 0.613. The van der Waals surface area contributed by atoms with Crippen molar-refractivity contribution in [3.05, 3.63) is 47.5 Å². The van der Waals surface area contributed by atoms with Gasteiger partial charge in [0.2, 0.25) is 0 Å². The second-order valence-corrected chi connectivity index (χ2v) is 11.0. The molecule has 6 heteroatoms. The number of likely N-dealkylation sites (tertiary alicyclic amines) is 2. The maximum Gasteiger partial charge on any atom is 0.122 e. The second kappa shape index (κ2) is 14.1. The third-order valence-corrected chi connectivity index (χ3v) is 8.01. The molecule has 2 aliphatic heterocycles. The van der Waals surface area contributed by atoms with Crippen molar-refractivity contribution in [3.63, 3.8) is 0 Å². The van der Waals surface area contributed by atoms with Gasteiger partial charge in [-0.1, -0.05) is 24.3 Å². The van der Waals surface area contributed by atoms with Crippen LogP contribution in [0.3, 0.4) is 0 Å². The summed E-state index contributed by atoms with van der Waals surface area (Å²) in [7, 11) is 2.22. The lowest BCUT2D eigenvalue weighted by atomic mass is 9.95. The lowest BCUT2D eigenvalue weighted by molar-refractivity contribution is 0.173. The van der Waals surface area contributed by atoms with Crippen molar-refractivity contribution >= 4 is 0 Å². The van der Waals surface area contributed by atoms with Gasteiger partial charge in [0.25, 0.3) is 0 Å². The number of benzene rings is 2. The molecule has 2 aromatic rings. The Bertz CT molecular complexity index is 974. The highest BCUT2D eigenvalue weighted by Gasteiger charge is 2.19. The van der Waals surface area contributed by atoms with E-state index in [0.717, 1.165) is 81.6 Å². The summed E-state index contributed by atoms with van der Waals surface area (Å²) >= 11 is 0. The first-order valence-corrected chi connectivity index (χ1v) is 14.3. The molecule has 6 nitrogen and oxygen atoms in total. The van der Waals surface area contributed by atoms with Crippen LogP contribution in [0.4, 0.5) is 0 Å². The molecule has 1 atom stereocenters. The third-order valence-electron chi connectivity index (χ3n) is 8.01. The van der Waals surface area contributed by atoms with Gasteiger partial charge < -0.3 is 29.7 Å². The van der Waals surface area contributed by atoms with Gasteiger partial charge in [0.15, 0.2) is 0 Å². The number of rotatable bonds is 13. The number of ether oxygens (including phenoxy) is 2. The van der Waals surface area contributed by atoms with Gasteiger partial charge in [-0.2, -0.15) is 0 Å². The summed E-state index contributed by atoms with van der Waals surface area (Å²) in [5, 5.41) is 13.3. The maximum atomic E-state index is 9.70. The van der Waals surface area contributed by atoms with Crippen molar-refractivity contribution in [2.24, 2.45) is 5.92 Å². The smallest absolute Gasteiger partial charge is 0.122 e. The second-order valence-electron chi connectivity index (χ2n) is 11.0. The number of β-amino-alcohol motifs (C(OH)–C–C–N with tert-alkyl or cyclic N) is 1. The number of piperidine rings is 1. The molecule has 0 aliphatic carbocycles. The van der Waals surface area contributed by atoms with E-state index in [9.17, 15) is 5.11 Å². The summed E-state index contributed by atoms with van der Waals surface area (Å²) in [6, 6.07) is 12.7. The Morgan fingerprint density at radius 1 is 0.865 bits per heavy atom. The van der Waals surface area contributed by atoms with E-state index in [1.807, 2.05) is 0 Å². The highest BCUT2D eigenvalue weighted by Crippen LogP contribution is 2.35. The minimum atomic E-state index is -0.159. The number of aliphatic hydroxyl groups excluding tert-OH is 1. The van der Waals surface area contributed by atoms with Gasteiger partial charge in [-0.05, 0) is 119 Å². The zero-order chi connectivity index (χ0) is 26.0. The zero-order valence-corrected chi connectivity index (χ0v) is 23.2. The van der Waals surface area contributed by atoms with Gasteiger partial charge in [-0.25, -0.2) is 0 Å². The predicted octanol–water partition coefficient (Wildman–Crippen LogP) is 4.51. The highest BCUT2D eigenvalue weighted by atomic mass is 16.5. The van der Waals surface area contributed by atoms with E-state index < -0.39 is 0 Å². The Morgan fingerprint density at radius 2 is 1.49 bits per heavy atom. The van der Waals surface area contributed by atoms with Crippen LogP contribution in [-0.2, 0) is 0 Å². The number of hydrogen-bond acceptors (Lipinski definition) is 6. The fourth-order valence-electron chi connectivity index (χ4n) is 5.56. The molecule has 2 aromatic carbocycles. The molecule has 0 aromatic heterocycles. The van der Waals surface area contributed by atoms with E-state index in [-0.39, 0.29) is 6.10 Å². The molecule has 0 amide bonds. The van der Waals surface area contributed by atoms with Crippen LogP contribution in [0.25, 0.3) is 11.1 Å². The van der Waals surface area contributed by atoms with E-state index in [2.05, 4.69) is 72.4 Å². The van der Waals surface area contributed by atoms with Gasteiger partial charge in [0, 0.05) is 19.6 Å². The Kier molecular flexibility index (Phi) is 10.7. The van der Waals surface area contributed by atoms with Crippen molar-refractivity contribution in [2.75, 3.05) is 66.1 Å². The molecule has 4 rings (SSSR count). The van der Waals surface area contributed by atoms with Crippen LogP contribution in [-0.4, -0.2) is 87.1 Å². The van der Waals surface area contributed by atoms with Crippen LogP contribution < -0.4 is 14.8 Å². The van der Waals surface area contributed by atoms with E-state index in [1.165, 1.54) is 42.6 Å². The van der Waals surface area contributed by atoms with Gasteiger partial charge in [0.1, 0.15) is 11.5 Å². The van der Waals surface area contributed by atoms with Crippen LogP contribution in [0.2, 0.25) is 0 Å². The van der Waals surface area contributed by atoms with Gasteiger partial charge in [0.05, 0.1) is 19.3 Å². The summed E-state index contributed by atoms with van der Waals surface area (Å²) in [6.07, 6.45) is 5.32. The molecular weight excluding hydrogens is 462 g/mol. The van der Waals surface area contributed by atoms with E-state index >= 15 is 0 Å². The van der Waals surface area contributed by atoms with Crippen LogP contribution >= 0.6 is 0 Å². The normalized spacial score (nSPS) is 19.4. The number of hydrogen-bond donors (Lipinski definition) is 2. The monoisotopic (exact) mass is 509 g/mol. The molecule has 2 aliphatic rings. The maximum absolute atomic E-state index is 9.70. The predicted molar refractivity (Wildman–Crippen MR) is 152 cm³/mol. The SMILES string of the molecule is Cc1c(OCCCNCC2CCN(C)CC2)cccc1-c1cccc(OCCCN2CCC(O)C2)c1C. The average molecular weight is 510 g/mol. The summed E-state index contributed by atoms with van der Waals surface area (Å²) in [5.41, 5.74) is 4.74. The quantitative estimate of drug-likeness (QED) is 0.388. The van der Waals surface area contributed by atoms with Crippen LogP contribution in [0.15, 0.2) is 36.4 Å². The third kappa shape index (κ3) is 8.18. The van der Waals surface area contributed by atoms with Crippen LogP contribution in [0.1, 0.15) is 43.2 Å². The topological polar surface area (TPSA) is 57.2 Å². The van der Waals surface area contributed by atoms with E-state index in [4.69, 9.17) is 9.47 Å². The standard InChI is InChI=1S/C31H47N3O3/c1-24-28(8-4-10-30(24)36-20-6-15-32-22-26-12-17-33(3)18-13-26)29-9-5-11-31(25(29)2)37-21-7-16-34-19-14-27(35)23-34/h4-5,8-11,26-27,32,35H,6-7,12-23H2,1-3H3. The van der Waals surface area contributed by atoms with Crippen molar-refractivity contribution < 1.29 is 14.6 Å². The molecule has 204 valence electrons. The summed E-state index contributed by atoms with van der Waals surface area (Å²) < 4.78 is 12.4. The minimum Gasteiger partial charge on any atom is -0.493 e. The van der Waals surface area contributed by atoms with E-state index in [1.54, 1.807) is 0 Å². The van der Waals surface area contributed by atoms with Gasteiger partial charge in [-0.3, -0.25) is 0 Å². The molecule has 0 bridgehead atoms. The summed E-state index contributed by atoms with van der Waals surface area (Å²) in [6.45, 7) is 13.0.